The first kappa shape index (κ1) is 14.8. The number of carbonyl (C=O) groups is 3. The molecule has 6 heteroatoms. The minimum absolute atomic E-state index is 0.0718. The molecule has 1 aliphatic carbocycles. The van der Waals surface area contributed by atoms with Gasteiger partial charge in [-0.25, -0.2) is 4.79 Å². The zero-order chi connectivity index (χ0) is 15.1. The van der Waals surface area contributed by atoms with Crippen LogP contribution in [0.1, 0.15) is 40.5 Å². The van der Waals surface area contributed by atoms with Gasteiger partial charge in [0, 0.05) is 13.0 Å². The normalized spacial score (nSPS) is 26.9. The van der Waals surface area contributed by atoms with E-state index < -0.39 is 12.1 Å². The predicted octanol–water partition coefficient (Wildman–Crippen LogP) is 0.773. The zero-order valence-electron chi connectivity index (χ0n) is 12.5. The van der Waals surface area contributed by atoms with E-state index in [-0.39, 0.29) is 29.1 Å². The van der Waals surface area contributed by atoms with Crippen LogP contribution < -0.4 is 16.0 Å². The van der Waals surface area contributed by atoms with Crippen molar-refractivity contribution in [1.29, 1.82) is 0 Å². The molecule has 0 spiro atoms. The van der Waals surface area contributed by atoms with E-state index in [9.17, 15) is 14.4 Å². The fourth-order valence-corrected chi connectivity index (χ4v) is 3.09. The second-order valence-electron chi connectivity index (χ2n) is 6.85. The lowest BCUT2D eigenvalue weighted by molar-refractivity contribution is -0.122. The van der Waals surface area contributed by atoms with Gasteiger partial charge in [-0.3, -0.25) is 14.9 Å². The van der Waals surface area contributed by atoms with Crippen LogP contribution in [0.25, 0.3) is 0 Å². The maximum atomic E-state index is 11.8. The Morgan fingerprint density at radius 1 is 1.20 bits per heavy atom. The summed E-state index contributed by atoms with van der Waals surface area (Å²) in [5.41, 5.74) is 0.499. The predicted molar refractivity (Wildman–Crippen MR) is 73.8 cm³/mol. The van der Waals surface area contributed by atoms with E-state index in [4.69, 9.17) is 0 Å². The lowest BCUT2D eigenvalue weighted by atomic mass is 10.0. The first-order valence-corrected chi connectivity index (χ1v) is 7.04. The topological polar surface area (TPSA) is 87.3 Å². The Labute approximate surface area is 119 Å². The molecule has 6 nitrogen and oxygen atoms in total. The molecule has 112 valence electrons. The summed E-state index contributed by atoms with van der Waals surface area (Å²) in [5.74, 6) is 0.0538. The summed E-state index contributed by atoms with van der Waals surface area (Å²) >= 11 is 0. The molecule has 2 fully saturated rings. The van der Waals surface area contributed by atoms with Crippen LogP contribution in [0.3, 0.4) is 0 Å². The SMILES string of the molecule is CC1(C)C(CNC(=O)CCC2NC(=O)NC2=O)C1(C)C. The Bertz CT molecular complexity index is 443. The van der Waals surface area contributed by atoms with Crippen LogP contribution in [-0.4, -0.2) is 30.4 Å². The molecule has 0 aromatic heterocycles. The van der Waals surface area contributed by atoms with Gasteiger partial charge in [-0.15, -0.1) is 0 Å². The van der Waals surface area contributed by atoms with Crippen molar-refractivity contribution in [1.82, 2.24) is 16.0 Å². The summed E-state index contributed by atoms with van der Waals surface area (Å²) in [5, 5.41) is 7.56. The number of rotatable bonds is 5. The number of amides is 4. The minimum atomic E-state index is -0.581. The average Bonchev–Trinajstić information content (AvgIpc) is 2.58. The van der Waals surface area contributed by atoms with Gasteiger partial charge in [0.2, 0.25) is 5.91 Å². The molecular weight excluding hydrogens is 258 g/mol. The van der Waals surface area contributed by atoms with E-state index in [1.807, 2.05) is 0 Å². The summed E-state index contributed by atoms with van der Waals surface area (Å²) in [7, 11) is 0. The molecule has 1 atom stereocenters. The summed E-state index contributed by atoms with van der Waals surface area (Å²) in [6, 6.07) is -1.07. The number of hydrogen-bond donors (Lipinski definition) is 3. The van der Waals surface area contributed by atoms with Crippen molar-refractivity contribution < 1.29 is 14.4 Å². The fraction of sp³-hybridized carbons (Fsp3) is 0.786. The van der Waals surface area contributed by atoms with Crippen molar-refractivity contribution in [3.8, 4) is 0 Å². The van der Waals surface area contributed by atoms with Gasteiger partial charge in [0.05, 0.1) is 0 Å². The van der Waals surface area contributed by atoms with Crippen molar-refractivity contribution in [2.75, 3.05) is 6.54 Å². The number of imide groups is 1. The van der Waals surface area contributed by atoms with Gasteiger partial charge in [0.25, 0.3) is 5.91 Å². The van der Waals surface area contributed by atoms with Gasteiger partial charge >= 0.3 is 6.03 Å². The highest BCUT2D eigenvalue weighted by Crippen LogP contribution is 2.67. The maximum Gasteiger partial charge on any atom is 0.322 e. The third-order valence-corrected chi connectivity index (χ3v) is 5.34. The van der Waals surface area contributed by atoms with E-state index in [1.54, 1.807) is 0 Å². The first-order chi connectivity index (χ1) is 9.16. The lowest BCUT2D eigenvalue weighted by Gasteiger charge is -2.08. The monoisotopic (exact) mass is 281 g/mol. The van der Waals surface area contributed by atoms with Crippen molar-refractivity contribution >= 4 is 17.8 Å². The Hall–Kier alpha value is -1.59. The van der Waals surface area contributed by atoms with Crippen molar-refractivity contribution in [2.45, 2.75) is 46.6 Å². The van der Waals surface area contributed by atoms with Gasteiger partial charge in [-0.2, -0.15) is 0 Å². The molecule has 0 bridgehead atoms. The molecule has 1 aliphatic heterocycles. The molecule has 0 aromatic carbocycles. The van der Waals surface area contributed by atoms with Crippen molar-refractivity contribution in [2.24, 2.45) is 16.7 Å². The van der Waals surface area contributed by atoms with Crippen LogP contribution in [0.2, 0.25) is 0 Å². The van der Waals surface area contributed by atoms with E-state index >= 15 is 0 Å². The lowest BCUT2D eigenvalue weighted by Crippen LogP contribution is -2.32. The average molecular weight is 281 g/mol. The molecule has 1 unspecified atom stereocenters. The molecule has 1 saturated carbocycles. The van der Waals surface area contributed by atoms with Crippen LogP contribution in [0.15, 0.2) is 0 Å². The number of carbonyl (C=O) groups excluding carboxylic acids is 3. The van der Waals surface area contributed by atoms with Crippen molar-refractivity contribution in [3.63, 3.8) is 0 Å². The standard InChI is InChI=1S/C14H23N3O3/c1-13(2)9(14(13,3)4)7-15-10(18)6-5-8-11(19)17-12(20)16-8/h8-9H,5-7H2,1-4H3,(H,15,18)(H2,16,17,19,20). The van der Waals surface area contributed by atoms with Crippen LogP contribution in [0, 0.1) is 16.7 Å². The first-order valence-electron chi connectivity index (χ1n) is 7.04. The summed E-state index contributed by atoms with van der Waals surface area (Å²) < 4.78 is 0. The molecule has 1 heterocycles. The van der Waals surface area contributed by atoms with Crippen LogP contribution in [0.5, 0.6) is 0 Å². The summed E-state index contributed by atoms with van der Waals surface area (Å²) in [6.07, 6.45) is 0.576. The number of hydrogen-bond acceptors (Lipinski definition) is 3. The molecule has 2 rings (SSSR count). The third kappa shape index (κ3) is 2.51. The van der Waals surface area contributed by atoms with Gasteiger partial charge in [-0.05, 0) is 23.2 Å². The third-order valence-electron chi connectivity index (χ3n) is 5.34. The molecule has 1 saturated heterocycles. The largest absolute Gasteiger partial charge is 0.356 e. The highest BCUT2D eigenvalue weighted by atomic mass is 16.2. The highest BCUT2D eigenvalue weighted by molar-refractivity contribution is 6.04. The Morgan fingerprint density at radius 3 is 2.25 bits per heavy atom. The van der Waals surface area contributed by atoms with Gasteiger partial charge in [-0.1, -0.05) is 27.7 Å². The quantitative estimate of drug-likeness (QED) is 0.651. The fourth-order valence-electron chi connectivity index (χ4n) is 3.09. The van der Waals surface area contributed by atoms with Crippen LogP contribution in [-0.2, 0) is 9.59 Å². The Balaban J connectivity index is 1.70. The van der Waals surface area contributed by atoms with E-state index in [0.29, 0.717) is 18.9 Å². The minimum Gasteiger partial charge on any atom is -0.356 e. The molecule has 0 aromatic rings. The Morgan fingerprint density at radius 2 is 1.80 bits per heavy atom. The molecule has 20 heavy (non-hydrogen) atoms. The molecule has 3 N–H and O–H groups in total. The number of urea groups is 1. The van der Waals surface area contributed by atoms with E-state index in [0.717, 1.165) is 0 Å². The molecule has 4 amide bonds. The van der Waals surface area contributed by atoms with E-state index in [2.05, 4.69) is 43.6 Å². The van der Waals surface area contributed by atoms with Gasteiger partial charge in [0.1, 0.15) is 6.04 Å². The maximum absolute atomic E-state index is 11.8. The number of nitrogens with one attached hydrogen (secondary N) is 3. The second-order valence-corrected chi connectivity index (χ2v) is 6.85. The molecule has 2 aliphatic rings. The smallest absolute Gasteiger partial charge is 0.322 e. The highest BCUT2D eigenvalue weighted by Gasteiger charge is 2.64. The van der Waals surface area contributed by atoms with Crippen LogP contribution in [0.4, 0.5) is 4.79 Å². The van der Waals surface area contributed by atoms with Gasteiger partial charge < -0.3 is 10.6 Å². The van der Waals surface area contributed by atoms with Gasteiger partial charge in [0.15, 0.2) is 0 Å². The second kappa shape index (κ2) is 4.75. The van der Waals surface area contributed by atoms with Crippen LogP contribution >= 0.6 is 0 Å². The Kier molecular flexibility index (Phi) is 3.52. The summed E-state index contributed by atoms with van der Waals surface area (Å²) in [6.45, 7) is 9.51. The van der Waals surface area contributed by atoms with Crippen molar-refractivity contribution in [3.05, 3.63) is 0 Å². The van der Waals surface area contributed by atoms with E-state index in [1.165, 1.54) is 0 Å². The molecular formula is C14H23N3O3. The summed E-state index contributed by atoms with van der Waals surface area (Å²) in [4.78, 5) is 34.0. The molecule has 0 radical (unpaired) electrons. The zero-order valence-corrected chi connectivity index (χ0v) is 12.5.